The number of nitrogens with zero attached hydrogens (tertiary/aromatic N) is 3. The van der Waals surface area contributed by atoms with Gasteiger partial charge in [-0.3, -0.25) is 23.9 Å². The molecule has 0 saturated carbocycles. The summed E-state index contributed by atoms with van der Waals surface area (Å²) in [6.45, 7) is 0.641. The number of para-hydroxylation sites is 1. The van der Waals surface area contributed by atoms with Crippen molar-refractivity contribution in [2.24, 2.45) is 0 Å². The highest BCUT2D eigenvalue weighted by atomic mass is 32.2. The molecule has 2 amide bonds. The molecule has 0 unspecified atom stereocenters. The summed E-state index contributed by atoms with van der Waals surface area (Å²) >= 11 is 1.13. The van der Waals surface area contributed by atoms with E-state index in [1.807, 2.05) is 0 Å². The van der Waals surface area contributed by atoms with Gasteiger partial charge in [0.15, 0.2) is 5.16 Å². The van der Waals surface area contributed by atoms with Crippen LogP contribution < -0.4 is 5.56 Å². The van der Waals surface area contributed by atoms with Gasteiger partial charge >= 0.3 is 0 Å². The van der Waals surface area contributed by atoms with Crippen molar-refractivity contribution in [3.05, 3.63) is 70.3 Å². The first kappa shape index (κ1) is 19.3. The zero-order valence-electron chi connectivity index (χ0n) is 15.5. The topological polar surface area (TPSA) is 72.3 Å². The number of rotatable bonds is 5. The summed E-state index contributed by atoms with van der Waals surface area (Å²) < 4.78 is 14.7. The van der Waals surface area contributed by atoms with Crippen molar-refractivity contribution in [2.75, 3.05) is 12.3 Å². The molecule has 0 radical (unpaired) electrons. The predicted molar refractivity (Wildman–Crippen MR) is 108 cm³/mol. The Balaban J connectivity index is 1.67. The van der Waals surface area contributed by atoms with Crippen LogP contribution >= 0.6 is 11.8 Å². The van der Waals surface area contributed by atoms with Gasteiger partial charge in [0.2, 0.25) is 11.8 Å². The van der Waals surface area contributed by atoms with Gasteiger partial charge in [0.05, 0.1) is 23.2 Å². The monoisotopic (exact) mass is 411 g/mol. The molecule has 6 nitrogen and oxygen atoms in total. The lowest BCUT2D eigenvalue weighted by atomic mass is 10.2. The minimum absolute atomic E-state index is 0.0138. The van der Waals surface area contributed by atoms with Crippen molar-refractivity contribution in [1.29, 1.82) is 0 Å². The Bertz CT molecular complexity index is 1140. The number of hydrogen-bond acceptors (Lipinski definition) is 5. The van der Waals surface area contributed by atoms with Crippen LogP contribution in [0.3, 0.4) is 0 Å². The summed E-state index contributed by atoms with van der Waals surface area (Å²) in [5, 5.41) is 0.859. The molecule has 1 fully saturated rings. The number of likely N-dealkylation sites (tertiary alicyclic amines) is 1. The quantitative estimate of drug-likeness (QED) is 0.477. The number of aromatic nitrogens is 2. The van der Waals surface area contributed by atoms with Crippen LogP contribution in [-0.2, 0) is 16.1 Å². The van der Waals surface area contributed by atoms with Crippen molar-refractivity contribution in [3.8, 4) is 0 Å². The summed E-state index contributed by atoms with van der Waals surface area (Å²) in [6.07, 6.45) is 1.07. The van der Waals surface area contributed by atoms with Crippen LogP contribution in [0, 0.1) is 5.82 Å². The summed E-state index contributed by atoms with van der Waals surface area (Å²) in [7, 11) is 0. The Morgan fingerprint density at radius 2 is 1.86 bits per heavy atom. The maximum atomic E-state index is 13.2. The molecule has 2 aromatic carbocycles. The normalized spacial score (nSPS) is 14.0. The molecule has 0 N–H and O–H groups in total. The lowest BCUT2D eigenvalue weighted by Gasteiger charge is -2.15. The molecule has 29 heavy (non-hydrogen) atoms. The summed E-state index contributed by atoms with van der Waals surface area (Å²) in [5.41, 5.74) is 1.06. The number of carbonyl (C=O) groups excluding carboxylic acids is 2. The number of fused-ring (bicyclic) bond motifs is 1. The second-order valence-electron chi connectivity index (χ2n) is 6.76. The molecule has 4 rings (SSSR count). The van der Waals surface area contributed by atoms with Gasteiger partial charge in [0.1, 0.15) is 5.82 Å². The van der Waals surface area contributed by atoms with Crippen molar-refractivity contribution in [1.82, 2.24) is 14.5 Å². The van der Waals surface area contributed by atoms with Crippen LogP contribution in [0.25, 0.3) is 10.9 Å². The standard InChI is InChI=1S/C21H18FN3O3S/c22-15-9-7-14(8-10-15)12-25-20(28)16-4-1-2-5-17(16)23-21(25)29-13-19(27)24-11-3-6-18(24)26/h1-2,4-5,7-10H,3,6,11-13H2. The third-order valence-corrected chi connectivity index (χ3v) is 5.74. The lowest BCUT2D eigenvalue weighted by Crippen LogP contribution is -2.33. The fourth-order valence-corrected chi connectivity index (χ4v) is 4.16. The number of thioether (sulfide) groups is 1. The molecular formula is C21H18FN3O3S. The Labute approximate surface area is 170 Å². The number of amides is 2. The van der Waals surface area contributed by atoms with Crippen molar-refractivity contribution < 1.29 is 14.0 Å². The van der Waals surface area contributed by atoms with Gasteiger partial charge in [-0.1, -0.05) is 36.0 Å². The van der Waals surface area contributed by atoms with E-state index in [0.717, 1.165) is 17.3 Å². The summed E-state index contributed by atoms with van der Waals surface area (Å²) in [5.74, 6) is -0.785. The van der Waals surface area contributed by atoms with Gasteiger partial charge in [-0.05, 0) is 36.2 Å². The summed E-state index contributed by atoms with van der Waals surface area (Å²) in [6, 6.07) is 12.9. The third-order valence-electron chi connectivity index (χ3n) is 4.78. The van der Waals surface area contributed by atoms with E-state index in [4.69, 9.17) is 0 Å². The highest BCUT2D eigenvalue weighted by Gasteiger charge is 2.26. The maximum Gasteiger partial charge on any atom is 0.262 e. The second-order valence-corrected chi connectivity index (χ2v) is 7.70. The molecule has 148 valence electrons. The number of carbonyl (C=O) groups is 2. The third kappa shape index (κ3) is 4.07. The van der Waals surface area contributed by atoms with Crippen molar-refractivity contribution >= 4 is 34.5 Å². The zero-order valence-corrected chi connectivity index (χ0v) is 16.3. The smallest absolute Gasteiger partial charge is 0.262 e. The fraction of sp³-hybridized carbons (Fsp3) is 0.238. The molecule has 1 saturated heterocycles. The second kappa shape index (κ2) is 8.16. The Morgan fingerprint density at radius 1 is 1.10 bits per heavy atom. The lowest BCUT2D eigenvalue weighted by molar-refractivity contribution is -0.140. The van der Waals surface area contributed by atoms with E-state index in [0.29, 0.717) is 35.4 Å². The summed E-state index contributed by atoms with van der Waals surface area (Å²) in [4.78, 5) is 43.1. The Morgan fingerprint density at radius 3 is 2.59 bits per heavy atom. The van der Waals surface area contributed by atoms with Gasteiger partial charge in [0.25, 0.3) is 5.56 Å². The van der Waals surface area contributed by atoms with E-state index < -0.39 is 0 Å². The van der Waals surface area contributed by atoms with E-state index in [-0.39, 0.29) is 35.5 Å². The van der Waals surface area contributed by atoms with Crippen molar-refractivity contribution in [3.63, 3.8) is 0 Å². The molecule has 0 aliphatic carbocycles. The van der Waals surface area contributed by atoms with Crippen LogP contribution in [0.15, 0.2) is 58.5 Å². The van der Waals surface area contributed by atoms with Gasteiger partial charge in [-0.2, -0.15) is 0 Å². The molecule has 2 heterocycles. The Hall–Kier alpha value is -3.00. The van der Waals surface area contributed by atoms with E-state index >= 15 is 0 Å². The SMILES string of the molecule is O=C1CCCN1C(=O)CSc1nc2ccccc2c(=O)n1Cc1ccc(F)cc1. The molecule has 0 bridgehead atoms. The largest absolute Gasteiger partial charge is 0.283 e. The van der Waals surface area contributed by atoms with Crippen LogP contribution in [-0.4, -0.2) is 38.6 Å². The van der Waals surface area contributed by atoms with Gasteiger partial charge < -0.3 is 0 Å². The van der Waals surface area contributed by atoms with E-state index in [1.165, 1.54) is 21.6 Å². The van der Waals surface area contributed by atoms with E-state index in [1.54, 1.807) is 36.4 Å². The van der Waals surface area contributed by atoms with Crippen LogP contribution in [0.5, 0.6) is 0 Å². The number of hydrogen-bond donors (Lipinski definition) is 0. The molecular weight excluding hydrogens is 393 g/mol. The fourth-order valence-electron chi connectivity index (χ4n) is 3.29. The first-order valence-corrected chi connectivity index (χ1v) is 10.2. The van der Waals surface area contributed by atoms with E-state index in [2.05, 4.69) is 4.98 Å². The molecule has 1 aliphatic heterocycles. The maximum absolute atomic E-state index is 13.2. The van der Waals surface area contributed by atoms with Gasteiger partial charge in [-0.15, -0.1) is 0 Å². The predicted octanol–water partition coefficient (Wildman–Crippen LogP) is 2.83. The van der Waals surface area contributed by atoms with Gasteiger partial charge in [0, 0.05) is 13.0 Å². The minimum atomic E-state index is -0.354. The highest BCUT2D eigenvalue weighted by Crippen LogP contribution is 2.21. The highest BCUT2D eigenvalue weighted by molar-refractivity contribution is 7.99. The molecule has 3 aromatic rings. The molecule has 8 heteroatoms. The molecule has 0 spiro atoms. The Kier molecular flexibility index (Phi) is 5.44. The first-order chi connectivity index (χ1) is 14.0. The van der Waals surface area contributed by atoms with Gasteiger partial charge in [-0.25, -0.2) is 9.37 Å². The number of halogens is 1. The minimum Gasteiger partial charge on any atom is -0.283 e. The number of benzene rings is 2. The van der Waals surface area contributed by atoms with Crippen LogP contribution in [0.2, 0.25) is 0 Å². The first-order valence-electron chi connectivity index (χ1n) is 9.23. The van der Waals surface area contributed by atoms with Crippen LogP contribution in [0.1, 0.15) is 18.4 Å². The average Bonchev–Trinajstić information content (AvgIpc) is 3.16. The zero-order chi connectivity index (χ0) is 20.4. The van der Waals surface area contributed by atoms with Crippen molar-refractivity contribution in [2.45, 2.75) is 24.5 Å². The van der Waals surface area contributed by atoms with Crippen LogP contribution in [0.4, 0.5) is 4.39 Å². The van der Waals surface area contributed by atoms with E-state index in [9.17, 15) is 18.8 Å². The number of imide groups is 1. The molecule has 0 atom stereocenters. The average molecular weight is 411 g/mol. The molecule has 1 aromatic heterocycles. The molecule has 1 aliphatic rings.